The zero-order valence-corrected chi connectivity index (χ0v) is 11.5. The minimum atomic E-state index is 0.0610. The predicted octanol–water partition coefficient (Wildman–Crippen LogP) is 4.32. The summed E-state index contributed by atoms with van der Waals surface area (Å²) >= 11 is 5.36. The molecule has 0 saturated carbocycles. The van der Waals surface area contributed by atoms with Gasteiger partial charge in [0, 0.05) is 10.4 Å². The molecule has 0 atom stereocenters. The summed E-state index contributed by atoms with van der Waals surface area (Å²) in [5.41, 5.74) is 2.62. The molecule has 0 saturated heterocycles. The van der Waals surface area contributed by atoms with E-state index in [1.54, 1.807) is 6.92 Å². The molecule has 0 bridgehead atoms. The summed E-state index contributed by atoms with van der Waals surface area (Å²) in [5.74, 6) is 0.0610. The van der Waals surface area contributed by atoms with Crippen LogP contribution in [0.4, 0.5) is 0 Å². The molecule has 0 unspecified atom stereocenters. The average Bonchev–Trinajstić information content (AvgIpc) is 2.46. The fraction of sp³-hybridized carbons (Fsp3) is 0.0588. The van der Waals surface area contributed by atoms with Gasteiger partial charge >= 0.3 is 0 Å². The zero-order chi connectivity index (χ0) is 13.7. The predicted molar refractivity (Wildman–Crippen MR) is 83.6 cm³/mol. The van der Waals surface area contributed by atoms with Crippen molar-refractivity contribution in [2.24, 2.45) is 0 Å². The van der Waals surface area contributed by atoms with Gasteiger partial charge in [0.2, 0.25) is 0 Å². The number of benzene rings is 2. The van der Waals surface area contributed by atoms with Crippen LogP contribution in [0.15, 0.2) is 60.7 Å². The molecule has 0 aromatic heterocycles. The maximum atomic E-state index is 11.5. The quantitative estimate of drug-likeness (QED) is 0.466. The Balaban J connectivity index is 2.24. The second-order valence-corrected chi connectivity index (χ2v) is 4.65. The Morgan fingerprint density at radius 2 is 1.63 bits per heavy atom. The Morgan fingerprint density at radius 3 is 2.32 bits per heavy atom. The lowest BCUT2D eigenvalue weighted by molar-refractivity contribution is 0.101. The topological polar surface area (TPSA) is 17.1 Å². The van der Waals surface area contributed by atoms with Gasteiger partial charge in [-0.15, -0.1) is 0 Å². The number of thiocarbonyl (C=S) groups is 1. The number of hydrogen-bond donors (Lipinski definition) is 0. The molecule has 94 valence electrons. The van der Waals surface area contributed by atoms with E-state index in [9.17, 15) is 4.79 Å². The Kier molecular flexibility index (Phi) is 4.37. The van der Waals surface area contributed by atoms with Crippen LogP contribution >= 0.6 is 12.2 Å². The van der Waals surface area contributed by atoms with Crippen molar-refractivity contribution in [3.05, 3.63) is 77.4 Å². The molecule has 0 heterocycles. The highest BCUT2D eigenvalue weighted by molar-refractivity contribution is 7.81. The zero-order valence-electron chi connectivity index (χ0n) is 10.7. The van der Waals surface area contributed by atoms with Crippen LogP contribution in [0.1, 0.15) is 28.4 Å². The number of allylic oxidation sites excluding steroid dienone is 1. The van der Waals surface area contributed by atoms with Crippen molar-refractivity contribution in [1.82, 2.24) is 0 Å². The number of carbonyl (C=O) groups excluding carboxylic acids is 1. The monoisotopic (exact) mass is 266 g/mol. The highest BCUT2D eigenvalue weighted by Gasteiger charge is 2.03. The first-order valence-electron chi connectivity index (χ1n) is 6.06. The fourth-order valence-electron chi connectivity index (χ4n) is 1.83. The van der Waals surface area contributed by atoms with Gasteiger partial charge in [0.05, 0.1) is 0 Å². The average molecular weight is 266 g/mol. The fourth-order valence-corrected chi connectivity index (χ4v) is 2.03. The van der Waals surface area contributed by atoms with Gasteiger partial charge in [-0.1, -0.05) is 72.9 Å². The summed E-state index contributed by atoms with van der Waals surface area (Å²) in [4.78, 5) is 12.3. The number of carbonyl (C=O) groups is 1. The first kappa shape index (κ1) is 13.4. The van der Waals surface area contributed by atoms with Crippen LogP contribution < -0.4 is 0 Å². The second kappa shape index (κ2) is 6.21. The number of hydrogen-bond acceptors (Lipinski definition) is 2. The van der Waals surface area contributed by atoms with E-state index in [0.29, 0.717) is 0 Å². The van der Waals surface area contributed by atoms with Crippen molar-refractivity contribution in [1.29, 1.82) is 0 Å². The molecule has 0 fully saturated rings. The van der Waals surface area contributed by atoms with Crippen molar-refractivity contribution >= 4 is 28.9 Å². The number of Topliss-reactive ketones (excluding diaryl/α,β-unsaturated/α-hetero) is 1. The minimum absolute atomic E-state index is 0.0610. The van der Waals surface area contributed by atoms with E-state index < -0.39 is 0 Å². The van der Waals surface area contributed by atoms with E-state index in [1.807, 2.05) is 66.7 Å². The molecule has 2 aromatic rings. The van der Waals surface area contributed by atoms with Gasteiger partial charge < -0.3 is 0 Å². The summed E-state index contributed by atoms with van der Waals surface area (Å²) in [7, 11) is 0. The van der Waals surface area contributed by atoms with Crippen molar-refractivity contribution in [3.8, 4) is 0 Å². The van der Waals surface area contributed by atoms with Crippen LogP contribution in [0, 0.1) is 0 Å². The lowest BCUT2D eigenvalue weighted by atomic mass is 10.0. The molecule has 1 nitrogen and oxygen atoms in total. The maximum Gasteiger partial charge on any atom is 0.160 e. The normalized spacial score (nSPS) is 10.6. The van der Waals surface area contributed by atoms with Crippen LogP contribution in [0.2, 0.25) is 0 Å². The molecule has 0 aliphatic rings. The smallest absolute Gasteiger partial charge is 0.160 e. The summed E-state index contributed by atoms with van der Waals surface area (Å²) < 4.78 is 0. The van der Waals surface area contributed by atoms with E-state index in [2.05, 4.69) is 0 Å². The van der Waals surface area contributed by atoms with Gasteiger partial charge in [0.15, 0.2) is 5.78 Å². The van der Waals surface area contributed by atoms with Crippen molar-refractivity contribution in [2.45, 2.75) is 6.92 Å². The highest BCUT2D eigenvalue weighted by atomic mass is 32.1. The minimum Gasteiger partial charge on any atom is -0.294 e. The molecule has 19 heavy (non-hydrogen) atoms. The standard InChI is InChI=1S/C17H14OS/c1-13(18)16-10-6-5-7-14(16)11-12-17(19)15-8-3-2-4-9-15/h2-12H,1H3. The lowest BCUT2D eigenvalue weighted by Gasteiger charge is -2.02. The Hall–Kier alpha value is -2.06. The lowest BCUT2D eigenvalue weighted by Crippen LogP contribution is -1.96. The Bertz CT molecular complexity index is 627. The third-order valence-corrected chi connectivity index (χ3v) is 3.18. The molecule has 0 spiro atoms. The van der Waals surface area contributed by atoms with Gasteiger partial charge in [0.25, 0.3) is 0 Å². The summed E-state index contributed by atoms with van der Waals surface area (Å²) in [6.45, 7) is 1.57. The molecule has 0 radical (unpaired) electrons. The Labute approximate surface area is 118 Å². The summed E-state index contributed by atoms with van der Waals surface area (Å²) in [6.07, 6.45) is 3.76. The van der Waals surface area contributed by atoms with Gasteiger partial charge in [-0.3, -0.25) is 4.79 Å². The second-order valence-electron chi connectivity index (χ2n) is 4.21. The van der Waals surface area contributed by atoms with Gasteiger partial charge in [-0.05, 0) is 24.1 Å². The van der Waals surface area contributed by atoms with Gasteiger partial charge in [-0.2, -0.15) is 0 Å². The largest absolute Gasteiger partial charge is 0.294 e. The van der Waals surface area contributed by atoms with Crippen molar-refractivity contribution in [3.63, 3.8) is 0 Å². The first-order valence-corrected chi connectivity index (χ1v) is 6.47. The molecule has 0 amide bonds. The van der Waals surface area contributed by atoms with E-state index in [-0.39, 0.29) is 5.78 Å². The molecule has 0 aliphatic heterocycles. The van der Waals surface area contributed by atoms with Crippen LogP contribution in [0.25, 0.3) is 6.08 Å². The molecular weight excluding hydrogens is 252 g/mol. The summed E-state index contributed by atoms with van der Waals surface area (Å²) in [6, 6.07) is 17.3. The summed E-state index contributed by atoms with van der Waals surface area (Å²) in [5, 5.41) is 0. The maximum absolute atomic E-state index is 11.5. The van der Waals surface area contributed by atoms with Crippen molar-refractivity contribution in [2.75, 3.05) is 0 Å². The highest BCUT2D eigenvalue weighted by Crippen LogP contribution is 2.12. The Morgan fingerprint density at radius 1 is 1.00 bits per heavy atom. The molecule has 0 aliphatic carbocycles. The molecule has 0 N–H and O–H groups in total. The number of rotatable bonds is 4. The van der Waals surface area contributed by atoms with Gasteiger partial charge in [-0.25, -0.2) is 0 Å². The SMILES string of the molecule is CC(=O)c1ccccc1C=CC(=S)c1ccccc1. The van der Waals surface area contributed by atoms with Crippen LogP contribution in [0.3, 0.4) is 0 Å². The molecular formula is C17H14OS. The van der Waals surface area contributed by atoms with Crippen LogP contribution in [-0.2, 0) is 0 Å². The van der Waals surface area contributed by atoms with E-state index in [0.717, 1.165) is 21.6 Å². The van der Waals surface area contributed by atoms with Gasteiger partial charge in [0.1, 0.15) is 0 Å². The van der Waals surface area contributed by atoms with Crippen LogP contribution in [0.5, 0.6) is 0 Å². The molecule has 2 rings (SSSR count). The van der Waals surface area contributed by atoms with E-state index >= 15 is 0 Å². The van der Waals surface area contributed by atoms with Crippen molar-refractivity contribution < 1.29 is 4.79 Å². The van der Waals surface area contributed by atoms with E-state index in [4.69, 9.17) is 12.2 Å². The third kappa shape index (κ3) is 3.46. The number of ketones is 1. The molecule has 2 heteroatoms. The molecule has 2 aromatic carbocycles. The third-order valence-electron chi connectivity index (χ3n) is 2.81. The van der Waals surface area contributed by atoms with E-state index in [1.165, 1.54) is 0 Å². The first-order chi connectivity index (χ1) is 9.18. The van der Waals surface area contributed by atoms with Crippen LogP contribution in [-0.4, -0.2) is 10.6 Å².